The first kappa shape index (κ1) is 16.8. The molecule has 0 radical (unpaired) electrons. The monoisotopic (exact) mass is 352 g/mol. The maximum absolute atomic E-state index is 12.9. The zero-order valence-electron chi connectivity index (χ0n) is 15.1. The maximum Gasteiger partial charge on any atom is 0.229 e. The Balaban J connectivity index is 1.37. The maximum atomic E-state index is 12.9. The van der Waals surface area contributed by atoms with Gasteiger partial charge in [-0.15, -0.1) is 0 Å². The molecular weight excluding hydrogens is 328 g/mol. The van der Waals surface area contributed by atoms with Crippen molar-refractivity contribution in [3.8, 4) is 11.5 Å². The van der Waals surface area contributed by atoms with Gasteiger partial charge in [0, 0.05) is 37.9 Å². The summed E-state index contributed by atoms with van der Waals surface area (Å²) in [5, 5.41) is 0. The van der Waals surface area contributed by atoms with Gasteiger partial charge < -0.3 is 19.3 Å². The highest BCUT2D eigenvalue weighted by Crippen LogP contribution is 2.28. The van der Waals surface area contributed by atoms with E-state index in [9.17, 15) is 4.79 Å². The van der Waals surface area contributed by atoms with Crippen molar-refractivity contribution in [2.45, 2.75) is 6.42 Å². The third-order valence-corrected chi connectivity index (χ3v) is 5.24. The Kier molecular flexibility index (Phi) is 4.69. The second kappa shape index (κ2) is 7.28. The minimum Gasteiger partial charge on any atom is -0.497 e. The molecule has 0 aliphatic carbocycles. The molecule has 2 aromatic rings. The van der Waals surface area contributed by atoms with E-state index in [4.69, 9.17) is 9.47 Å². The molecule has 0 spiro atoms. The Morgan fingerprint density at radius 3 is 2.69 bits per heavy atom. The molecule has 0 aromatic heterocycles. The summed E-state index contributed by atoms with van der Waals surface area (Å²) in [5.74, 6) is 1.91. The number of amides is 1. The highest BCUT2D eigenvalue weighted by molar-refractivity contribution is 5.80. The smallest absolute Gasteiger partial charge is 0.229 e. The van der Waals surface area contributed by atoms with Crippen LogP contribution in [-0.2, 0) is 11.2 Å². The molecule has 4 rings (SSSR count). The van der Waals surface area contributed by atoms with Gasteiger partial charge in [0.1, 0.15) is 18.1 Å². The van der Waals surface area contributed by atoms with Gasteiger partial charge in [0.2, 0.25) is 5.91 Å². The lowest BCUT2D eigenvalue weighted by molar-refractivity contribution is -0.137. The fourth-order valence-electron chi connectivity index (χ4n) is 3.74. The van der Waals surface area contributed by atoms with Crippen molar-refractivity contribution in [3.63, 3.8) is 0 Å². The van der Waals surface area contributed by atoms with Gasteiger partial charge in [0.05, 0.1) is 13.0 Å². The molecule has 0 saturated carbocycles. The molecule has 1 atom stereocenters. The largest absolute Gasteiger partial charge is 0.497 e. The number of para-hydroxylation sites is 1. The SMILES string of the molecule is COc1cccc(N2CCN(C(=O)C3COc4ccccc4C3)CC2)c1. The first-order chi connectivity index (χ1) is 12.7. The van der Waals surface area contributed by atoms with Crippen LogP contribution in [0.2, 0.25) is 0 Å². The van der Waals surface area contributed by atoms with Gasteiger partial charge in [-0.3, -0.25) is 4.79 Å². The highest BCUT2D eigenvalue weighted by Gasteiger charge is 2.31. The third-order valence-electron chi connectivity index (χ3n) is 5.24. The lowest BCUT2D eigenvalue weighted by Crippen LogP contribution is -2.51. The van der Waals surface area contributed by atoms with Gasteiger partial charge in [-0.25, -0.2) is 0 Å². The van der Waals surface area contributed by atoms with E-state index < -0.39 is 0 Å². The number of piperazine rings is 1. The molecule has 5 heteroatoms. The summed E-state index contributed by atoms with van der Waals surface area (Å²) in [7, 11) is 1.68. The zero-order valence-corrected chi connectivity index (χ0v) is 15.1. The molecule has 136 valence electrons. The van der Waals surface area contributed by atoms with Crippen molar-refractivity contribution in [1.82, 2.24) is 4.90 Å². The molecule has 0 bridgehead atoms. The zero-order chi connectivity index (χ0) is 17.9. The van der Waals surface area contributed by atoms with E-state index in [1.165, 1.54) is 0 Å². The van der Waals surface area contributed by atoms with Crippen molar-refractivity contribution in [3.05, 3.63) is 54.1 Å². The summed E-state index contributed by atoms with van der Waals surface area (Å²) < 4.78 is 11.1. The first-order valence-electron chi connectivity index (χ1n) is 9.13. The summed E-state index contributed by atoms with van der Waals surface area (Å²) in [6.45, 7) is 3.64. The van der Waals surface area contributed by atoms with Crippen LogP contribution >= 0.6 is 0 Å². The number of fused-ring (bicyclic) bond motifs is 1. The van der Waals surface area contributed by atoms with Crippen molar-refractivity contribution < 1.29 is 14.3 Å². The van der Waals surface area contributed by atoms with E-state index >= 15 is 0 Å². The summed E-state index contributed by atoms with van der Waals surface area (Å²) in [6.07, 6.45) is 0.769. The fraction of sp³-hybridized carbons (Fsp3) is 0.381. The minimum absolute atomic E-state index is 0.0757. The number of benzene rings is 2. The lowest BCUT2D eigenvalue weighted by Gasteiger charge is -2.38. The molecule has 2 aromatic carbocycles. The average Bonchev–Trinajstić information content (AvgIpc) is 2.73. The van der Waals surface area contributed by atoms with Crippen molar-refractivity contribution in [1.29, 1.82) is 0 Å². The Morgan fingerprint density at radius 1 is 1.08 bits per heavy atom. The predicted molar refractivity (Wildman–Crippen MR) is 101 cm³/mol. The van der Waals surface area contributed by atoms with Gasteiger partial charge in [-0.1, -0.05) is 24.3 Å². The van der Waals surface area contributed by atoms with Crippen LogP contribution in [0.5, 0.6) is 11.5 Å². The van der Waals surface area contributed by atoms with Crippen LogP contribution in [0.1, 0.15) is 5.56 Å². The number of nitrogens with zero attached hydrogens (tertiary/aromatic N) is 2. The van der Waals surface area contributed by atoms with E-state index in [1.54, 1.807) is 7.11 Å². The van der Waals surface area contributed by atoms with Crippen LogP contribution in [0, 0.1) is 5.92 Å². The van der Waals surface area contributed by atoms with Crippen molar-refractivity contribution >= 4 is 11.6 Å². The molecule has 1 unspecified atom stereocenters. The molecule has 1 saturated heterocycles. The average molecular weight is 352 g/mol. The molecule has 5 nitrogen and oxygen atoms in total. The van der Waals surface area contributed by atoms with Gasteiger partial charge in [0.15, 0.2) is 0 Å². The van der Waals surface area contributed by atoms with Crippen LogP contribution in [0.4, 0.5) is 5.69 Å². The quantitative estimate of drug-likeness (QED) is 0.852. The fourth-order valence-corrected chi connectivity index (χ4v) is 3.74. The normalized spacial score (nSPS) is 19.5. The number of hydrogen-bond donors (Lipinski definition) is 0. The summed E-state index contributed by atoms with van der Waals surface area (Å²) in [5.41, 5.74) is 2.28. The van der Waals surface area contributed by atoms with E-state index in [0.29, 0.717) is 6.61 Å². The van der Waals surface area contributed by atoms with Crippen molar-refractivity contribution in [2.24, 2.45) is 5.92 Å². The third kappa shape index (κ3) is 3.34. The topological polar surface area (TPSA) is 42.0 Å². The molecule has 26 heavy (non-hydrogen) atoms. The summed E-state index contributed by atoms with van der Waals surface area (Å²) in [6, 6.07) is 16.1. The van der Waals surface area contributed by atoms with E-state index in [-0.39, 0.29) is 11.8 Å². The van der Waals surface area contributed by atoms with Crippen LogP contribution in [0.25, 0.3) is 0 Å². The number of methoxy groups -OCH3 is 1. The Morgan fingerprint density at radius 2 is 1.88 bits per heavy atom. The highest BCUT2D eigenvalue weighted by atomic mass is 16.5. The predicted octanol–water partition coefficient (Wildman–Crippen LogP) is 2.60. The first-order valence-corrected chi connectivity index (χ1v) is 9.13. The molecule has 1 amide bonds. The summed E-state index contributed by atoms with van der Waals surface area (Å²) in [4.78, 5) is 17.2. The number of carbonyl (C=O) groups is 1. The molecule has 2 aliphatic heterocycles. The Labute approximate surface area is 154 Å². The minimum atomic E-state index is -0.0757. The van der Waals surface area contributed by atoms with Crippen LogP contribution in [-0.4, -0.2) is 50.7 Å². The standard InChI is InChI=1S/C21H24N2O3/c1-25-19-7-4-6-18(14-19)22-9-11-23(12-10-22)21(24)17-13-16-5-2-3-8-20(16)26-15-17/h2-8,14,17H,9-13,15H2,1H3. The Hall–Kier alpha value is -2.69. The van der Waals surface area contributed by atoms with Crippen LogP contribution in [0.3, 0.4) is 0 Å². The van der Waals surface area contributed by atoms with Gasteiger partial charge >= 0.3 is 0 Å². The molecule has 2 aliphatic rings. The van der Waals surface area contributed by atoms with E-state index in [2.05, 4.69) is 17.0 Å². The summed E-state index contributed by atoms with van der Waals surface area (Å²) >= 11 is 0. The van der Waals surface area contributed by atoms with Gasteiger partial charge in [0.25, 0.3) is 0 Å². The lowest BCUT2D eigenvalue weighted by atomic mass is 9.95. The molecule has 2 heterocycles. The van der Waals surface area contributed by atoms with E-state index in [1.807, 2.05) is 41.3 Å². The number of anilines is 1. The molecular formula is C21H24N2O3. The Bertz CT molecular complexity index is 784. The number of carbonyl (C=O) groups excluding carboxylic acids is 1. The second-order valence-corrected chi connectivity index (χ2v) is 6.83. The van der Waals surface area contributed by atoms with Gasteiger partial charge in [-0.2, -0.15) is 0 Å². The molecule has 0 N–H and O–H groups in total. The second-order valence-electron chi connectivity index (χ2n) is 6.83. The molecule has 1 fully saturated rings. The van der Waals surface area contributed by atoms with Gasteiger partial charge in [-0.05, 0) is 30.2 Å². The van der Waals surface area contributed by atoms with Crippen LogP contribution < -0.4 is 14.4 Å². The van der Waals surface area contributed by atoms with Crippen molar-refractivity contribution in [2.75, 3.05) is 44.8 Å². The number of ether oxygens (including phenoxy) is 2. The van der Waals surface area contributed by atoms with Crippen LogP contribution in [0.15, 0.2) is 48.5 Å². The van der Waals surface area contributed by atoms with E-state index in [0.717, 1.165) is 55.3 Å². The number of hydrogen-bond acceptors (Lipinski definition) is 4. The number of rotatable bonds is 3.